The molecule has 7 heteroatoms. The topological polar surface area (TPSA) is 55.2 Å². The first-order chi connectivity index (χ1) is 14.6. The standard InChI is InChI=1S/C23H24FN3O2S/c24-18-7-5-16(6-8-18)19-13-30-22-21(19)23(29)27(14-25-22)12-20(28)26-10-9-15-3-1-2-4-17(15)11-26/h5-8,13-15,17H,1-4,9-12H2. The molecule has 0 radical (unpaired) electrons. The molecule has 2 aromatic heterocycles. The third-order valence-electron chi connectivity index (χ3n) is 6.67. The van der Waals surface area contributed by atoms with Gasteiger partial charge in [0.1, 0.15) is 17.2 Å². The van der Waals surface area contributed by atoms with Crippen LogP contribution in [0.3, 0.4) is 0 Å². The van der Waals surface area contributed by atoms with Gasteiger partial charge >= 0.3 is 0 Å². The van der Waals surface area contributed by atoms with E-state index in [-0.39, 0.29) is 23.8 Å². The van der Waals surface area contributed by atoms with Crippen molar-refractivity contribution in [2.24, 2.45) is 11.8 Å². The normalized spacial score (nSPS) is 21.6. The second-order valence-electron chi connectivity index (χ2n) is 8.45. The van der Waals surface area contributed by atoms with Crippen molar-refractivity contribution in [3.63, 3.8) is 0 Å². The lowest BCUT2D eigenvalue weighted by molar-refractivity contribution is -0.135. The number of halogens is 1. The number of rotatable bonds is 3. The average Bonchev–Trinajstić information content (AvgIpc) is 3.21. The Morgan fingerprint density at radius 2 is 1.90 bits per heavy atom. The molecule has 1 saturated heterocycles. The molecule has 156 valence electrons. The Morgan fingerprint density at radius 1 is 1.13 bits per heavy atom. The molecule has 3 heterocycles. The molecule has 1 aliphatic heterocycles. The molecule has 1 amide bonds. The van der Waals surface area contributed by atoms with E-state index < -0.39 is 0 Å². The summed E-state index contributed by atoms with van der Waals surface area (Å²) in [6, 6.07) is 6.08. The van der Waals surface area contributed by atoms with Gasteiger partial charge < -0.3 is 4.90 Å². The van der Waals surface area contributed by atoms with Gasteiger partial charge in [-0.3, -0.25) is 14.2 Å². The Labute approximate surface area is 178 Å². The highest BCUT2D eigenvalue weighted by Crippen LogP contribution is 2.36. The first-order valence-electron chi connectivity index (χ1n) is 10.6. The molecule has 0 bridgehead atoms. The van der Waals surface area contributed by atoms with Crippen LogP contribution in [-0.2, 0) is 11.3 Å². The minimum absolute atomic E-state index is 0.0118. The summed E-state index contributed by atoms with van der Waals surface area (Å²) >= 11 is 1.38. The summed E-state index contributed by atoms with van der Waals surface area (Å²) in [6.07, 6.45) is 7.61. The van der Waals surface area contributed by atoms with E-state index in [0.29, 0.717) is 16.1 Å². The van der Waals surface area contributed by atoms with Gasteiger partial charge in [-0.15, -0.1) is 11.3 Å². The smallest absolute Gasteiger partial charge is 0.263 e. The van der Waals surface area contributed by atoms with Crippen LogP contribution in [0.15, 0.2) is 40.8 Å². The van der Waals surface area contributed by atoms with Crippen LogP contribution in [0.25, 0.3) is 21.3 Å². The third kappa shape index (κ3) is 3.55. The lowest BCUT2D eigenvalue weighted by Crippen LogP contribution is -2.46. The molecular formula is C23H24FN3O2S. The number of hydrogen-bond donors (Lipinski definition) is 0. The van der Waals surface area contributed by atoms with E-state index in [4.69, 9.17) is 0 Å². The lowest BCUT2D eigenvalue weighted by atomic mass is 9.75. The summed E-state index contributed by atoms with van der Waals surface area (Å²) in [6.45, 7) is 1.61. The minimum atomic E-state index is -0.318. The predicted octanol–water partition coefficient (Wildman–Crippen LogP) is 4.30. The van der Waals surface area contributed by atoms with Gasteiger partial charge in [0.2, 0.25) is 5.91 Å². The van der Waals surface area contributed by atoms with Crippen molar-refractivity contribution in [2.45, 2.75) is 38.6 Å². The Hall–Kier alpha value is -2.54. The number of thiophene rings is 1. The molecular weight excluding hydrogens is 401 g/mol. The van der Waals surface area contributed by atoms with Crippen LogP contribution in [0.4, 0.5) is 4.39 Å². The van der Waals surface area contributed by atoms with Gasteiger partial charge in [0.25, 0.3) is 5.56 Å². The molecule has 0 N–H and O–H groups in total. The number of amides is 1. The first kappa shape index (κ1) is 19.4. The molecule has 2 atom stereocenters. The van der Waals surface area contributed by atoms with Gasteiger partial charge in [-0.05, 0) is 42.4 Å². The Balaban J connectivity index is 1.40. The zero-order chi connectivity index (χ0) is 20.7. The van der Waals surface area contributed by atoms with Crippen LogP contribution in [-0.4, -0.2) is 33.4 Å². The maximum Gasteiger partial charge on any atom is 0.263 e. The van der Waals surface area contributed by atoms with E-state index in [1.807, 2.05) is 10.3 Å². The molecule has 1 aromatic carbocycles. The number of piperidine rings is 1. The Morgan fingerprint density at radius 3 is 2.70 bits per heavy atom. The zero-order valence-electron chi connectivity index (χ0n) is 16.7. The average molecular weight is 426 g/mol. The molecule has 1 aliphatic carbocycles. The molecule has 0 spiro atoms. The molecule has 3 aromatic rings. The van der Waals surface area contributed by atoms with Gasteiger partial charge in [-0.2, -0.15) is 0 Å². The molecule has 5 rings (SSSR count). The van der Waals surface area contributed by atoms with Crippen LogP contribution >= 0.6 is 11.3 Å². The summed E-state index contributed by atoms with van der Waals surface area (Å²) < 4.78 is 14.7. The number of carbonyl (C=O) groups excluding carboxylic acids is 1. The number of carbonyl (C=O) groups is 1. The van der Waals surface area contributed by atoms with Gasteiger partial charge in [0.05, 0.1) is 11.7 Å². The van der Waals surface area contributed by atoms with E-state index in [1.165, 1.54) is 60.0 Å². The quantitative estimate of drug-likeness (QED) is 0.629. The first-order valence-corrected chi connectivity index (χ1v) is 11.5. The van der Waals surface area contributed by atoms with Crippen molar-refractivity contribution in [3.8, 4) is 11.1 Å². The van der Waals surface area contributed by atoms with E-state index in [0.717, 1.165) is 36.6 Å². The van der Waals surface area contributed by atoms with E-state index >= 15 is 0 Å². The SMILES string of the molecule is O=C(Cn1cnc2scc(-c3ccc(F)cc3)c2c1=O)N1CCC2CCCCC2C1. The van der Waals surface area contributed by atoms with Crippen LogP contribution in [0.1, 0.15) is 32.1 Å². The molecule has 2 fully saturated rings. The lowest BCUT2D eigenvalue weighted by Gasteiger charge is -2.41. The number of nitrogens with zero attached hydrogens (tertiary/aromatic N) is 3. The van der Waals surface area contributed by atoms with Crippen LogP contribution in [0, 0.1) is 17.7 Å². The van der Waals surface area contributed by atoms with Crippen molar-refractivity contribution in [1.29, 1.82) is 0 Å². The number of benzene rings is 1. The second-order valence-corrected chi connectivity index (χ2v) is 9.31. The molecule has 2 unspecified atom stereocenters. The van der Waals surface area contributed by atoms with Crippen LogP contribution in [0.2, 0.25) is 0 Å². The van der Waals surface area contributed by atoms with Gasteiger partial charge in [0, 0.05) is 24.0 Å². The summed E-state index contributed by atoms with van der Waals surface area (Å²) in [5.41, 5.74) is 1.28. The fraction of sp³-hybridized carbons (Fsp3) is 0.435. The minimum Gasteiger partial charge on any atom is -0.341 e. The fourth-order valence-corrected chi connectivity index (χ4v) is 5.90. The monoisotopic (exact) mass is 425 g/mol. The molecule has 5 nitrogen and oxygen atoms in total. The Bertz CT molecular complexity index is 1140. The maximum atomic E-state index is 13.3. The van der Waals surface area contributed by atoms with Crippen molar-refractivity contribution in [1.82, 2.24) is 14.5 Å². The summed E-state index contributed by atoms with van der Waals surface area (Å²) in [5.74, 6) is 1.03. The zero-order valence-corrected chi connectivity index (χ0v) is 17.5. The van der Waals surface area contributed by atoms with Gasteiger partial charge in [0.15, 0.2) is 0 Å². The summed E-state index contributed by atoms with van der Waals surface area (Å²) in [4.78, 5) is 33.1. The van der Waals surface area contributed by atoms with Gasteiger partial charge in [-0.25, -0.2) is 9.37 Å². The number of aromatic nitrogens is 2. The summed E-state index contributed by atoms with van der Waals surface area (Å²) in [7, 11) is 0. The van der Waals surface area contributed by atoms with Crippen LogP contribution in [0.5, 0.6) is 0 Å². The van der Waals surface area contributed by atoms with Crippen molar-refractivity contribution < 1.29 is 9.18 Å². The van der Waals surface area contributed by atoms with Gasteiger partial charge in [-0.1, -0.05) is 31.4 Å². The van der Waals surface area contributed by atoms with Crippen molar-refractivity contribution >= 4 is 27.5 Å². The van der Waals surface area contributed by atoms with E-state index in [1.54, 1.807) is 12.1 Å². The second kappa shape index (κ2) is 7.95. The van der Waals surface area contributed by atoms with Crippen LogP contribution < -0.4 is 5.56 Å². The van der Waals surface area contributed by atoms with E-state index in [9.17, 15) is 14.0 Å². The fourth-order valence-electron chi connectivity index (χ4n) is 5.00. The maximum absolute atomic E-state index is 13.3. The molecule has 2 aliphatic rings. The van der Waals surface area contributed by atoms with Crippen molar-refractivity contribution in [2.75, 3.05) is 13.1 Å². The third-order valence-corrected chi connectivity index (χ3v) is 7.55. The highest BCUT2D eigenvalue weighted by atomic mass is 32.1. The molecule has 1 saturated carbocycles. The number of fused-ring (bicyclic) bond motifs is 2. The highest BCUT2D eigenvalue weighted by Gasteiger charge is 2.33. The Kier molecular flexibility index (Phi) is 5.15. The predicted molar refractivity (Wildman–Crippen MR) is 116 cm³/mol. The molecule has 30 heavy (non-hydrogen) atoms. The summed E-state index contributed by atoms with van der Waals surface area (Å²) in [5, 5.41) is 2.36. The van der Waals surface area contributed by atoms with Crippen molar-refractivity contribution in [3.05, 3.63) is 52.1 Å². The number of hydrogen-bond acceptors (Lipinski definition) is 4. The number of likely N-dealkylation sites (tertiary alicyclic amines) is 1. The largest absolute Gasteiger partial charge is 0.341 e. The van der Waals surface area contributed by atoms with E-state index in [2.05, 4.69) is 4.98 Å². The highest BCUT2D eigenvalue weighted by molar-refractivity contribution is 7.17.